The topological polar surface area (TPSA) is 101 Å². The predicted molar refractivity (Wildman–Crippen MR) is 85.4 cm³/mol. The maximum atomic E-state index is 12.2. The van der Waals surface area contributed by atoms with Crippen LogP contribution in [-0.4, -0.2) is 52.1 Å². The van der Waals surface area contributed by atoms with Crippen LogP contribution in [0.15, 0.2) is 23.1 Å². The molecule has 1 aliphatic rings. The van der Waals surface area contributed by atoms with Crippen molar-refractivity contribution in [3.05, 3.63) is 29.3 Å². The van der Waals surface area contributed by atoms with Gasteiger partial charge in [-0.2, -0.15) is 8.42 Å². The van der Waals surface area contributed by atoms with Gasteiger partial charge in [-0.1, -0.05) is 6.07 Å². The lowest BCUT2D eigenvalue weighted by Gasteiger charge is -2.27. The molecule has 1 heterocycles. The van der Waals surface area contributed by atoms with Crippen molar-refractivity contribution in [2.75, 3.05) is 26.5 Å². The first-order chi connectivity index (χ1) is 10.6. The fourth-order valence-electron chi connectivity index (χ4n) is 2.57. The monoisotopic (exact) mass is 363 g/mol. The zero-order valence-corrected chi connectivity index (χ0v) is 14.7. The van der Waals surface area contributed by atoms with Crippen LogP contribution in [0.3, 0.4) is 0 Å². The van der Waals surface area contributed by atoms with E-state index in [2.05, 4.69) is 0 Å². The lowest BCUT2D eigenvalue weighted by molar-refractivity contribution is 0.0361. The third-order valence-corrected chi connectivity index (χ3v) is 6.41. The summed E-state index contributed by atoms with van der Waals surface area (Å²) in [5, 5.41) is 0. The maximum absolute atomic E-state index is 12.2. The van der Waals surface area contributed by atoms with Crippen molar-refractivity contribution in [1.82, 2.24) is 4.31 Å². The summed E-state index contributed by atoms with van der Waals surface area (Å²) in [4.78, 5) is 0.236. The molecule has 1 aromatic carbocycles. The zero-order valence-electron chi connectivity index (χ0n) is 13.1. The van der Waals surface area contributed by atoms with Crippen LogP contribution < -0.4 is 0 Å². The molecule has 1 aromatic rings. The van der Waals surface area contributed by atoms with Crippen molar-refractivity contribution >= 4 is 20.1 Å². The molecule has 1 N–H and O–H groups in total. The van der Waals surface area contributed by atoms with Gasteiger partial charge in [0.05, 0.1) is 23.4 Å². The first kappa shape index (κ1) is 18.3. The van der Waals surface area contributed by atoms with E-state index in [9.17, 15) is 16.8 Å². The SMILES string of the molecule is CN(C)S(=O)(=O)c1ccc2c(c1)CCOC2CCCS(=O)(=O)O. The highest BCUT2D eigenvalue weighted by atomic mass is 32.2. The first-order valence-corrected chi connectivity index (χ1v) is 10.3. The molecule has 1 atom stereocenters. The molecule has 0 saturated carbocycles. The van der Waals surface area contributed by atoms with E-state index in [1.807, 2.05) is 0 Å². The molecule has 0 aliphatic carbocycles. The van der Waals surface area contributed by atoms with Gasteiger partial charge in [-0.15, -0.1) is 0 Å². The second kappa shape index (κ2) is 6.86. The van der Waals surface area contributed by atoms with Gasteiger partial charge in [-0.25, -0.2) is 12.7 Å². The van der Waals surface area contributed by atoms with E-state index in [-0.39, 0.29) is 23.2 Å². The molecule has 1 aliphatic heterocycles. The molecule has 2 rings (SSSR count). The standard InChI is InChI=1S/C14H21NO6S2/c1-15(2)23(19,20)12-5-6-13-11(10-12)7-8-21-14(13)4-3-9-22(16,17)18/h5-6,10,14H,3-4,7-9H2,1-2H3,(H,16,17,18). The number of rotatable bonds is 6. The Morgan fingerprint density at radius 2 is 1.96 bits per heavy atom. The molecule has 0 saturated heterocycles. The normalized spacial score (nSPS) is 18.9. The molecule has 9 heteroatoms. The van der Waals surface area contributed by atoms with Crippen molar-refractivity contribution < 1.29 is 26.1 Å². The zero-order chi connectivity index (χ0) is 17.3. The first-order valence-electron chi connectivity index (χ1n) is 7.23. The molecule has 0 amide bonds. The fourth-order valence-corrected chi connectivity index (χ4v) is 4.06. The minimum atomic E-state index is -3.98. The van der Waals surface area contributed by atoms with Gasteiger partial charge in [-0.05, 0) is 42.5 Å². The van der Waals surface area contributed by atoms with Crippen LogP contribution in [0.25, 0.3) is 0 Å². The minimum Gasteiger partial charge on any atom is -0.373 e. The number of hydrogen-bond acceptors (Lipinski definition) is 5. The summed E-state index contributed by atoms with van der Waals surface area (Å²) in [5.74, 6) is -0.310. The molecule has 0 spiro atoms. The van der Waals surface area contributed by atoms with Crippen LogP contribution in [0.5, 0.6) is 0 Å². The summed E-state index contributed by atoms with van der Waals surface area (Å²) >= 11 is 0. The molecule has 23 heavy (non-hydrogen) atoms. The van der Waals surface area contributed by atoms with Gasteiger partial charge in [-0.3, -0.25) is 4.55 Å². The maximum Gasteiger partial charge on any atom is 0.264 e. The number of hydrogen-bond donors (Lipinski definition) is 1. The second-order valence-electron chi connectivity index (χ2n) is 5.69. The molecule has 7 nitrogen and oxygen atoms in total. The number of fused-ring (bicyclic) bond motifs is 1. The Morgan fingerprint density at radius 1 is 1.26 bits per heavy atom. The van der Waals surface area contributed by atoms with E-state index in [0.717, 1.165) is 15.4 Å². The summed E-state index contributed by atoms with van der Waals surface area (Å²) < 4.78 is 61.5. The second-order valence-corrected chi connectivity index (χ2v) is 9.41. The average Bonchev–Trinajstić information content (AvgIpc) is 2.45. The van der Waals surface area contributed by atoms with Crippen LogP contribution >= 0.6 is 0 Å². The minimum absolute atomic E-state index is 0.236. The summed E-state index contributed by atoms with van der Waals surface area (Å²) in [5.41, 5.74) is 1.78. The van der Waals surface area contributed by atoms with Crippen molar-refractivity contribution in [3.63, 3.8) is 0 Å². The number of benzene rings is 1. The highest BCUT2D eigenvalue weighted by Gasteiger charge is 2.24. The Labute approximate surface area is 137 Å². The Balaban J connectivity index is 2.20. The van der Waals surface area contributed by atoms with Gasteiger partial charge in [0.1, 0.15) is 0 Å². The van der Waals surface area contributed by atoms with Crippen molar-refractivity contribution in [2.24, 2.45) is 0 Å². The van der Waals surface area contributed by atoms with Gasteiger partial charge in [0.2, 0.25) is 10.0 Å². The number of nitrogens with zero attached hydrogens (tertiary/aromatic N) is 1. The van der Waals surface area contributed by atoms with Crippen LogP contribution in [0.2, 0.25) is 0 Å². The lowest BCUT2D eigenvalue weighted by atomic mass is 9.95. The fraction of sp³-hybridized carbons (Fsp3) is 0.571. The van der Waals surface area contributed by atoms with Gasteiger partial charge in [0.25, 0.3) is 10.1 Å². The Hall–Kier alpha value is -1.00. The van der Waals surface area contributed by atoms with Crippen LogP contribution in [0.1, 0.15) is 30.1 Å². The molecule has 0 bridgehead atoms. The molecule has 0 aromatic heterocycles. The van der Waals surface area contributed by atoms with E-state index in [4.69, 9.17) is 9.29 Å². The molecule has 0 fully saturated rings. The highest BCUT2D eigenvalue weighted by Crippen LogP contribution is 2.32. The molecular weight excluding hydrogens is 342 g/mol. The van der Waals surface area contributed by atoms with E-state index in [1.165, 1.54) is 14.1 Å². The number of sulfonamides is 1. The van der Waals surface area contributed by atoms with Crippen LogP contribution in [0, 0.1) is 0 Å². The van der Waals surface area contributed by atoms with Gasteiger partial charge in [0.15, 0.2) is 0 Å². The van der Waals surface area contributed by atoms with Crippen LogP contribution in [-0.2, 0) is 31.3 Å². The van der Waals surface area contributed by atoms with Crippen LogP contribution in [0.4, 0.5) is 0 Å². The van der Waals surface area contributed by atoms with Crippen molar-refractivity contribution in [1.29, 1.82) is 0 Å². The van der Waals surface area contributed by atoms with E-state index < -0.39 is 20.1 Å². The summed E-state index contributed by atoms with van der Waals surface area (Å²) in [6, 6.07) is 4.92. The molecule has 130 valence electrons. The van der Waals surface area contributed by atoms with Crippen molar-refractivity contribution in [3.8, 4) is 0 Å². The molecule has 1 unspecified atom stereocenters. The smallest absolute Gasteiger partial charge is 0.264 e. The largest absolute Gasteiger partial charge is 0.373 e. The molecule has 0 radical (unpaired) electrons. The predicted octanol–water partition coefficient (Wildman–Crippen LogP) is 1.22. The third kappa shape index (κ3) is 4.51. The number of ether oxygens (including phenoxy) is 1. The van der Waals surface area contributed by atoms with Crippen molar-refractivity contribution in [2.45, 2.75) is 30.3 Å². The Kier molecular flexibility index (Phi) is 5.47. The quantitative estimate of drug-likeness (QED) is 0.763. The van der Waals surface area contributed by atoms with Gasteiger partial charge >= 0.3 is 0 Å². The van der Waals surface area contributed by atoms with Gasteiger partial charge < -0.3 is 4.74 Å². The van der Waals surface area contributed by atoms with E-state index in [1.54, 1.807) is 18.2 Å². The van der Waals surface area contributed by atoms with E-state index >= 15 is 0 Å². The Morgan fingerprint density at radius 3 is 2.57 bits per heavy atom. The average molecular weight is 363 g/mol. The third-order valence-electron chi connectivity index (χ3n) is 3.80. The summed E-state index contributed by atoms with van der Waals surface area (Å²) in [6.45, 7) is 0.453. The highest BCUT2D eigenvalue weighted by molar-refractivity contribution is 7.89. The lowest BCUT2D eigenvalue weighted by Crippen LogP contribution is -2.23. The summed E-state index contributed by atoms with van der Waals surface area (Å²) in [7, 11) is -4.50. The summed E-state index contributed by atoms with van der Waals surface area (Å²) in [6.07, 6.45) is 1.06. The Bertz CT molecular complexity index is 770. The van der Waals surface area contributed by atoms with Gasteiger partial charge in [0, 0.05) is 14.1 Å². The molecular formula is C14H21NO6S2. The van der Waals surface area contributed by atoms with E-state index in [0.29, 0.717) is 19.4 Å².